The quantitative estimate of drug-likeness (QED) is 0.483. The van der Waals surface area contributed by atoms with Crippen LogP contribution >= 0.6 is 15.9 Å². The average molecular weight is 405 g/mol. The van der Waals surface area contributed by atoms with Crippen LogP contribution in [0.15, 0.2) is 88.1 Å². The Morgan fingerprint density at radius 1 is 0.808 bits per heavy atom. The number of hydrogen-bond acceptors (Lipinski definition) is 2. The number of benzene rings is 3. The number of aryl methyl sites for hydroxylation is 2. The van der Waals surface area contributed by atoms with Gasteiger partial charge in [-0.3, -0.25) is 9.36 Å². The lowest BCUT2D eigenvalue weighted by Gasteiger charge is -2.14. The molecule has 0 N–H and O–H groups in total. The van der Waals surface area contributed by atoms with Gasteiger partial charge in [-0.15, -0.1) is 0 Å². The van der Waals surface area contributed by atoms with Crippen LogP contribution in [0.25, 0.3) is 16.6 Å². The van der Waals surface area contributed by atoms with Gasteiger partial charge < -0.3 is 0 Å². The van der Waals surface area contributed by atoms with Crippen molar-refractivity contribution >= 4 is 26.8 Å². The molecule has 0 aliphatic rings. The van der Waals surface area contributed by atoms with Crippen LogP contribution < -0.4 is 5.56 Å². The fraction of sp³-hybridized carbons (Fsp3) is 0.0909. The Balaban J connectivity index is 1.85. The van der Waals surface area contributed by atoms with Gasteiger partial charge in [-0.05, 0) is 48.4 Å². The van der Waals surface area contributed by atoms with E-state index in [2.05, 4.69) is 28.1 Å². The molecule has 0 fully saturated rings. The molecule has 4 aromatic rings. The molecule has 4 rings (SSSR count). The molecule has 0 atom stereocenters. The van der Waals surface area contributed by atoms with E-state index in [1.54, 1.807) is 4.57 Å². The Hall–Kier alpha value is -2.72. The Morgan fingerprint density at radius 2 is 1.50 bits per heavy atom. The van der Waals surface area contributed by atoms with E-state index in [4.69, 9.17) is 4.98 Å². The van der Waals surface area contributed by atoms with E-state index in [1.165, 1.54) is 5.56 Å². The second-order valence-electron chi connectivity index (χ2n) is 6.15. The van der Waals surface area contributed by atoms with Crippen molar-refractivity contribution in [1.29, 1.82) is 0 Å². The fourth-order valence-corrected chi connectivity index (χ4v) is 3.37. The van der Waals surface area contributed by atoms with Crippen LogP contribution in [0.1, 0.15) is 11.4 Å². The molecule has 0 aliphatic heterocycles. The average Bonchev–Trinajstić information content (AvgIpc) is 2.68. The van der Waals surface area contributed by atoms with Gasteiger partial charge in [0.2, 0.25) is 0 Å². The first-order valence-electron chi connectivity index (χ1n) is 8.53. The first-order valence-corrected chi connectivity index (χ1v) is 9.32. The van der Waals surface area contributed by atoms with Gasteiger partial charge in [0.25, 0.3) is 5.56 Å². The highest BCUT2D eigenvalue weighted by atomic mass is 79.9. The van der Waals surface area contributed by atoms with Crippen LogP contribution in [-0.4, -0.2) is 9.55 Å². The fourth-order valence-electron chi connectivity index (χ4n) is 3.10. The van der Waals surface area contributed by atoms with Crippen LogP contribution in [0.5, 0.6) is 0 Å². The molecule has 3 nitrogen and oxygen atoms in total. The number of aromatic nitrogens is 2. The summed E-state index contributed by atoms with van der Waals surface area (Å²) in [5.41, 5.74) is 2.78. The van der Waals surface area contributed by atoms with Gasteiger partial charge in [-0.2, -0.15) is 0 Å². The molecule has 0 saturated heterocycles. The summed E-state index contributed by atoms with van der Waals surface area (Å²) in [6.07, 6.45) is 1.53. The third-order valence-electron chi connectivity index (χ3n) is 4.41. The lowest BCUT2D eigenvalue weighted by molar-refractivity contribution is 0.789. The molecule has 4 heteroatoms. The van der Waals surface area contributed by atoms with Gasteiger partial charge in [0.15, 0.2) is 0 Å². The summed E-state index contributed by atoms with van der Waals surface area (Å²) in [4.78, 5) is 18.0. The topological polar surface area (TPSA) is 34.9 Å². The second kappa shape index (κ2) is 7.26. The second-order valence-corrected chi connectivity index (χ2v) is 7.06. The van der Waals surface area contributed by atoms with Crippen molar-refractivity contribution in [3.05, 3.63) is 105 Å². The normalized spacial score (nSPS) is 11.0. The van der Waals surface area contributed by atoms with Gasteiger partial charge in [-0.1, -0.05) is 58.4 Å². The minimum Gasteiger partial charge on any atom is -0.268 e. The summed E-state index contributed by atoms with van der Waals surface area (Å²) < 4.78 is 2.71. The van der Waals surface area contributed by atoms with E-state index in [1.807, 2.05) is 66.7 Å². The molecule has 1 heterocycles. The lowest BCUT2D eigenvalue weighted by atomic mass is 10.1. The predicted molar refractivity (Wildman–Crippen MR) is 109 cm³/mol. The number of halogens is 1. The predicted octanol–water partition coefficient (Wildman–Crippen LogP) is 4.93. The zero-order valence-corrected chi connectivity index (χ0v) is 15.7. The minimum absolute atomic E-state index is 0.0269. The zero-order valence-electron chi connectivity index (χ0n) is 14.1. The SMILES string of the molecule is O=c1c2ccccc2nc(CCc2ccccc2)n1-c1ccc(Br)cc1. The van der Waals surface area contributed by atoms with E-state index in [0.29, 0.717) is 11.8 Å². The largest absolute Gasteiger partial charge is 0.268 e. The Bertz CT molecular complexity index is 1100. The smallest absolute Gasteiger partial charge is 0.265 e. The van der Waals surface area contributed by atoms with Crippen molar-refractivity contribution in [3.63, 3.8) is 0 Å². The summed E-state index contributed by atoms with van der Waals surface area (Å²) >= 11 is 3.45. The minimum atomic E-state index is -0.0269. The molecular weight excluding hydrogens is 388 g/mol. The maximum absolute atomic E-state index is 13.2. The molecule has 0 spiro atoms. The van der Waals surface area contributed by atoms with E-state index in [9.17, 15) is 4.79 Å². The molecule has 0 amide bonds. The highest BCUT2D eigenvalue weighted by Crippen LogP contribution is 2.17. The molecule has 1 aromatic heterocycles. The van der Waals surface area contributed by atoms with Crippen molar-refractivity contribution < 1.29 is 0 Å². The van der Waals surface area contributed by atoms with E-state index in [-0.39, 0.29) is 5.56 Å². The molecule has 0 aliphatic carbocycles. The van der Waals surface area contributed by atoms with E-state index < -0.39 is 0 Å². The Kier molecular flexibility index (Phi) is 4.67. The number of para-hydroxylation sites is 1. The molecule has 0 unspecified atom stereocenters. The van der Waals surface area contributed by atoms with Crippen LogP contribution in [0.2, 0.25) is 0 Å². The molecule has 3 aromatic carbocycles. The molecule has 0 bridgehead atoms. The van der Waals surface area contributed by atoms with Crippen LogP contribution in [-0.2, 0) is 12.8 Å². The summed E-state index contributed by atoms with van der Waals surface area (Å²) in [6.45, 7) is 0. The zero-order chi connectivity index (χ0) is 17.9. The van der Waals surface area contributed by atoms with Crippen molar-refractivity contribution in [2.75, 3.05) is 0 Å². The number of nitrogens with zero attached hydrogens (tertiary/aromatic N) is 2. The number of fused-ring (bicyclic) bond motifs is 1. The van der Waals surface area contributed by atoms with Crippen LogP contribution in [0.4, 0.5) is 0 Å². The van der Waals surface area contributed by atoms with E-state index >= 15 is 0 Å². The van der Waals surface area contributed by atoms with Crippen LogP contribution in [0.3, 0.4) is 0 Å². The molecule has 128 valence electrons. The molecule has 0 radical (unpaired) electrons. The molecule has 0 saturated carbocycles. The Labute approximate surface area is 160 Å². The molecular formula is C22H17BrN2O. The standard InChI is InChI=1S/C22H17BrN2O/c23-17-11-13-18(14-12-17)25-21(15-10-16-6-2-1-3-7-16)24-20-9-5-4-8-19(20)22(25)26/h1-9,11-14H,10,15H2. The highest BCUT2D eigenvalue weighted by molar-refractivity contribution is 9.10. The van der Waals surface area contributed by atoms with Crippen molar-refractivity contribution in [3.8, 4) is 5.69 Å². The number of rotatable bonds is 4. The monoisotopic (exact) mass is 404 g/mol. The van der Waals surface area contributed by atoms with Gasteiger partial charge in [0.05, 0.1) is 16.6 Å². The first kappa shape index (κ1) is 16.7. The summed E-state index contributed by atoms with van der Waals surface area (Å²) in [5, 5.41) is 0.638. The third-order valence-corrected chi connectivity index (χ3v) is 4.94. The van der Waals surface area contributed by atoms with Gasteiger partial charge >= 0.3 is 0 Å². The highest BCUT2D eigenvalue weighted by Gasteiger charge is 2.12. The van der Waals surface area contributed by atoms with Crippen molar-refractivity contribution in [1.82, 2.24) is 9.55 Å². The third kappa shape index (κ3) is 3.33. The molecule has 26 heavy (non-hydrogen) atoms. The van der Waals surface area contributed by atoms with Crippen molar-refractivity contribution in [2.45, 2.75) is 12.8 Å². The summed E-state index contributed by atoms with van der Waals surface area (Å²) in [7, 11) is 0. The first-order chi connectivity index (χ1) is 12.7. The number of hydrogen-bond donors (Lipinski definition) is 0. The van der Waals surface area contributed by atoms with Gasteiger partial charge in [0.1, 0.15) is 5.82 Å². The van der Waals surface area contributed by atoms with Gasteiger partial charge in [0, 0.05) is 10.9 Å². The Morgan fingerprint density at radius 3 is 2.27 bits per heavy atom. The maximum atomic E-state index is 13.2. The lowest BCUT2D eigenvalue weighted by Crippen LogP contribution is -2.24. The van der Waals surface area contributed by atoms with E-state index in [0.717, 1.165) is 27.9 Å². The summed E-state index contributed by atoms with van der Waals surface area (Å²) in [5.74, 6) is 0.778. The summed E-state index contributed by atoms with van der Waals surface area (Å²) in [6, 6.07) is 25.6. The maximum Gasteiger partial charge on any atom is 0.265 e. The van der Waals surface area contributed by atoms with Crippen LogP contribution in [0, 0.1) is 0 Å². The van der Waals surface area contributed by atoms with Gasteiger partial charge in [-0.25, -0.2) is 4.98 Å². The van der Waals surface area contributed by atoms with Crippen molar-refractivity contribution in [2.24, 2.45) is 0 Å².